The molecule has 7 nitrogen and oxygen atoms in total. The molecule has 7 heteroatoms. The second-order valence-electron chi connectivity index (χ2n) is 6.54. The van der Waals surface area contributed by atoms with Crippen molar-refractivity contribution in [2.45, 2.75) is 51.7 Å². The number of aromatic nitrogens is 2. The number of nitrogens with one attached hydrogen (secondary N) is 2. The zero-order chi connectivity index (χ0) is 16.7. The van der Waals surface area contributed by atoms with E-state index in [4.69, 9.17) is 9.47 Å². The molecule has 0 aromatic carbocycles. The van der Waals surface area contributed by atoms with Gasteiger partial charge in [-0.05, 0) is 40.0 Å². The van der Waals surface area contributed by atoms with Crippen molar-refractivity contribution < 1.29 is 14.3 Å². The molecule has 0 aliphatic carbocycles. The summed E-state index contributed by atoms with van der Waals surface area (Å²) in [5.41, 5.74) is 0.453. The molecule has 1 aromatic heterocycles. The zero-order valence-electron chi connectivity index (χ0n) is 14.1. The van der Waals surface area contributed by atoms with Crippen LogP contribution in [-0.4, -0.2) is 41.4 Å². The number of carbonyl (C=O) groups is 1. The lowest BCUT2D eigenvalue weighted by molar-refractivity contribution is 0.0528. The van der Waals surface area contributed by atoms with Gasteiger partial charge in [0.15, 0.2) is 0 Å². The third kappa shape index (κ3) is 6.40. The minimum absolute atomic E-state index is 0.0902. The summed E-state index contributed by atoms with van der Waals surface area (Å²) >= 11 is 0. The van der Waals surface area contributed by atoms with E-state index in [1.54, 1.807) is 6.33 Å². The summed E-state index contributed by atoms with van der Waals surface area (Å²) in [6, 6.07) is 1.93. The zero-order valence-corrected chi connectivity index (χ0v) is 14.1. The maximum absolute atomic E-state index is 11.5. The SMILES string of the molecule is CC(C)(C)OC(=O)NCCCNc1cc(C2CCCO2)ncn1. The molecule has 0 spiro atoms. The standard InChI is InChI=1S/C16H26N4O3/c1-16(2,3)23-15(21)18-8-5-7-17-14-10-12(19-11-20-14)13-6-4-9-22-13/h10-11,13H,4-9H2,1-3H3,(H,18,21)(H,17,19,20). The lowest BCUT2D eigenvalue weighted by Gasteiger charge is -2.19. The van der Waals surface area contributed by atoms with Crippen LogP contribution in [0.3, 0.4) is 0 Å². The summed E-state index contributed by atoms with van der Waals surface area (Å²) < 4.78 is 10.8. The van der Waals surface area contributed by atoms with E-state index in [-0.39, 0.29) is 12.2 Å². The van der Waals surface area contributed by atoms with Gasteiger partial charge in [-0.1, -0.05) is 0 Å². The van der Waals surface area contributed by atoms with Crippen LogP contribution in [0.5, 0.6) is 0 Å². The average molecular weight is 322 g/mol. The van der Waals surface area contributed by atoms with Crippen LogP contribution in [0.1, 0.15) is 51.8 Å². The van der Waals surface area contributed by atoms with E-state index in [2.05, 4.69) is 20.6 Å². The smallest absolute Gasteiger partial charge is 0.407 e. The van der Waals surface area contributed by atoms with Gasteiger partial charge >= 0.3 is 6.09 Å². The number of rotatable bonds is 6. The maximum atomic E-state index is 11.5. The van der Waals surface area contributed by atoms with Crippen molar-refractivity contribution >= 4 is 11.9 Å². The molecule has 128 valence electrons. The first-order valence-corrected chi connectivity index (χ1v) is 8.08. The van der Waals surface area contributed by atoms with Crippen LogP contribution in [0.2, 0.25) is 0 Å². The minimum Gasteiger partial charge on any atom is -0.444 e. The van der Waals surface area contributed by atoms with Gasteiger partial charge in [0.05, 0.1) is 11.8 Å². The molecule has 1 saturated heterocycles. The second-order valence-corrected chi connectivity index (χ2v) is 6.54. The molecule has 2 N–H and O–H groups in total. The maximum Gasteiger partial charge on any atom is 0.407 e. The lowest BCUT2D eigenvalue weighted by atomic mass is 10.2. The fourth-order valence-electron chi connectivity index (χ4n) is 2.27. The van der Waals surface area contributed by atoms with Crippen molar-refractivity contribution in [3.63, 3.8) is 0 Å². The van der Waals surface area contributed by atoms with Gasteiger partial charge in [-0.15, -0.1) is 0 Å². The molecule has 0 bridgehead atoms. The van der Waals surface area contributed by atoms with Crippen LogP contribution in [0.25, 0.3) is 0 Å². The Labute approximate surface area is 137 Å². The summed E-state index contributed by atoms with van der Waals surface area (Å²) in [7, 11) is 0. The monoisotopic (exact) mass is 322 g/mol. The van der Waals surface area contributed by atoms with Crippen LogP contribution in [0.4, 0.5) is 10.6 Å². The third-order valence-electron chi connectivity index (χ3n) is 3.28. The molecule has 1 aliphatic heterocycles. The van der Waals surface area contributed by atoms with Crippen molar-refractivity contribution in [3.8, 4) is 0 Å². The molecular formula is C16H26N4O3. The van der Waals surface area contributed by atoms with Gasteiger partial charge in [-0.3, -0.25) is 0 Å². The van der Waals surface area contributed by atoms with Gasteiger partial charge in [0.25, 0.3) is 0 Å². The number of nitrogens with zero attached hydrogens (tertiary/aromatic N) is 2. The van der Waals surface area contributed by atoms with Gasteiger partial charge in [0.1, 0.15) is 17.7 Å². The quantitative estimate of drug-likeness (QED) is 0.783. The molecule has 1 aliphatic rings. The first-order valence-electron chi connectivity index (χ1n) is 8.08. The van der Waals surface area contributed by atoms with Crippen molar-refractivity contribution in [2.24, 2.45) is 0 Å². The Kier molecular flexibility index (Phi) is 6.15. The topological polar surface area (TPSA) is 85.4 Å². The fraction of sp³-hybridized carbons (Fsp3) is 0.688. The van der Waals surface area contributed by atoms with Crippen LogP contribution in [-0.2, 0) is 9.47 Å². The highest BCUT2D eigenvalue weighted by atomic mass is 16.6. The van der Waals surface area contributed by atoms with Crippen LogP contribution in [0.15, 0.2) is 12.4 Å². The second kappa shape index (κ2) is 8.10. The first kappa shape index (κ1) is 17.5. The Bertz CT molecular complexity index is 510. The molecule has 2 rings (SSSR count). The summed E-state index contributed by atoms with van der Waals surface area (Å²) in [6.45, 7) is 7.58. The number of hydrogen-bond acceptors (Lipinski definition) is 6. The fourth-order valence-corrected chi connectivity index (χ4v) is 2.27. The molecule has 1 unspecified atom stereocenters. The Morgan fingerprint density at radius 3 is 2.91 bits per heavy atom. The minimum atomic E-state index is -0.470. The molecule has 0 radical (unpaired) electrons. The van der Waals surface area contributed by atoms with Crippen molar-refractivity contribution in [3.05, 3.63) is 18.1 Å². The van der Waals surface area contributed by atoms with E-state index in [1.165, 1.54) is 0 Å². The van der Waals surface area contributed by atoms with Crippen LogP contribution >= 0.6 is 0 Å². The number of carbonyl (C=O) groups excluding carboxylic acids is 1. The molecule has 2 heterocycles. The Balaban J connectivity index is 1.66. The average Bonchev–Trinajstić information content (AvgIpc) is 2.99. The highest BCUT2D eigenvalue weighted by molar-refractivity contribution is 5.67. The molecule has 1 amide bonds. The number of anilines is 1. The van der Waals surface area contributed by atoms with Crippen LogP contribution < -0.4 is 10.6 Å². The number of alkyl carbamates (subject to hydrolysis) is 1. The summed E-state index contributed by atoms with van der Waals surface area (Å²) in [5, 5.41) is 5.96. The highest BCUT2D eigenvalue weighted by Crippen LogP contribution is 2.27. The molecule has 1 atom stereocenters. The molecular weight excluding hydrogens is 296 g/mol. The van der Waals surface area contributed by atoms with E-state index < -0.39 is 5.60 Å². The Morgan fingerprint density at radius 2 is 2.22 bits per heavy atom. The van der Waals surface area contributed by atoms with E-state index in [1.807, 2.05) is 26.8 Å². The molecule has 1 aromatic rings. The number of ether oxygens (including phenoxy) is 2. The molecule has 23 heavy (non-hydrogen) atoms. The van der Waals surface area contributed by atoms with E-state index in [0.29, 0.717) is 13.1 Å². The summed E-state index contributed by atoms with van der Waals surface area (Å²) in [4.78, 5) is 20.0. The highest BCUT2D eigenvalue weighted by Gasteiger charge is 2.19. The largest absolute Gasteiger partial charge is 0.444 e. The van der Waals surface area contributed by atoms with Gasteiger partial charge in [0, 0.05) is 25.8 Å². The lowest BCUT2D eigenvalue weighted by Crippen LogP contribution is -2.33. The van der Waals surface area contributed by atoms with Crippen molar-refractivity contribution in [1.29, 1.82) is 0 Å². The van der Waals surface area contributed by atoms with Gasteiger partial charge in [-0.2, -0.15) is 0 Å². The predicted molar refractivity (Wildman–Crippen MR) is 87.3 cm³/mol. The van der Waals surface area contributed by atoms with Gasteiger partial charge in [-0.25, -0.2) is 14.8 Å². The summed E-state index contributed by atoms with van der Waals surface area (Å²) in [5.74, 6) is 0.780. The number of amides is 1. The van der Waals surface area contributed by atoms with Gasteiger partial charge < -0.3 is 20.1 Å². The van der Waals surface area contributed by atoms with Crippen molar-refractivity contribution in [1.82, 2.24) is 15.3 Å². The van der Waals surface area contributed by atoms with Gasteiger partial charge in [0.2, 0.25) is 0 Å². The van der Waals surface area contributed by atoms with Crippen molar-refractivity contribution in [2.75, 3.05) is 25.0 Å². The first-order chi connectivity index (χ1) is 10.9. The summed E-state index contributed by atoms with van der Waals surface area (Å²) in [6.07, 6.45) is 4.12. The Morgan fingerprint density at radius 1 is 1.39 bits per heavy atom. The molecule has 1 fully saturated rings. The van der Waals surface area contributed by atoms with Crippen LogP contribution in [0, 0.1) is 0 Å². The van der Waals surface area contributed by atoms with E-state index in [9.17, 15) is 4.79 Å². The normalized spacial score (nSPS) is 17.8. The predicted octanol–water partition coefficient (Wildman–Crippen LogP) is 2.65. The third-order valence-corrected chi connectivity index (χ3v) is 3.28. The van der Waals surface area contributed by atoms with E-state index in [0.717, 1.165) is 37.4 Å². The molecule has 0 saturated carbocycles. The van der Waals surface area contributed by atoms with E-state index >= 15 is 0 Å². The number of hydrogen-bond donors (Lipinski definition) is 2. The Hall–Kier alpha value is -1.89.